The van der Waals surface area contributed by atoms with Crippen molar-refractivity contribution in [1.29, 1.82) is 0 Å². The molecule has 0 aliphatic rings. The van der Waals surface area contributed by atoms with E-state index in [0.717, 1.165) is 10.8 Å². The second-order valence-electron chi connectivity index (χ2n) is 18.4. The van der Waals surface area contributed by atoms with Gasteiger partial charge in [0.05, 0.1) is 39.0 Å². The number of fused-ring (bicyclic) bond motifs is 6. The molecule has 386 valence electrons. The third-order valence-corrected chi connectivity index (χ3v) is 13.5. The third-order valence-electron chi connectivity index (χ3n) is 13.5. The summed E-state index contributed by atoms with van der Waals surface area (Å²) < 4.78 is 180. The zero-order valence-electron chi connectivity index (χ0n) is 39.7. The van der Waals surface area contributed by atoms with Gasteiger partial charge in [0.15, 0.2) is 17.5 Å². The van der Waals surface area contributed by atoms with Crippen molar-refractivity contribution < 1.29 is 57.1 Å². The summed E-state index contributed by atoms with van der Waals surface area (Å²) in [5.74, 6) is 0.549. The van der Waals surface area contributed by atoms with Crippen LogP contribution in [0.15, 0.2) is 199 Å². The molecule has 0 saturated carbocycles. The average Bonchev–Trinajstić information content (AvgIpc) is 4.21. The molecule has 0 N–H and O–H groups in total. The van der Waals surface area contributed by atoms with Crippen LogP contribution in [-0.2, 0) is 24.7 Å². The van der Waals surface area contributed by atoms with Crippen LogP contribution in [0.2, 0.25) is 0 Å². The number of nitrogens with zero attached hydrogens (tertiary/aromatic N) is 4. The third kappa shape index (κ3) is 9.03. The number of para-hydroxylation sites is 1. The summed E-state index contributed by atoms with van der Waals surface area (Å²) in [6.07, 6.45) is -20.8. The minimum Gasteiger partial charge on any atom is -0.456 e. The molecule has 0 atom stereocenters. The van der Waals surface area contributed by atoms with Crippen LogP contribution in [0.4, 0.5) is 52.7 Å². The van der Waals surface area contributed by atoms with Gasteiger partial charge in [-0.05, 0) is 106 Å². The Hall–Kier alpha value is -9.25. The Morgan fingerprint density at radius 3 is 1.23 bits per heavy atom. The van der Waals surface area contributed by atoms with Gasteiger partial charge >= 0.3 is 24.7 Å². The molecule has 0 amide bonds. The molecule has 3 aromatic heterocycles. The maximum Gasteiger partial charge on any atom is 0.416 e. The summed E-state index contributed by atoms with van der Waals surface area (Å²) in [6, 6.07) is 46.9. The normalized spacial score (nSPS) is 12.6. The van der Waals surface area contributed by atoms with Crippen LogP contribution in [0.25, 0.3) is 117 Å². The van der Waals surface area contributed by atoms with Gasteiger partial charge in [-0.3, -0.25) is 0 Å². The summed E-state index contributed by atoms with van der Waals surface area (Å²) in [6.45, 7) is 0. The molecule has 0 bridgehead atoms. The number of alkyl halides is 12. The van der Waals surface area contributed by atoms with E-state index in [2.05, 4.69) is 0 Å². The van der Waals surface area contributed by atoms with E-state index in [4.69, 9.17) is 19.4 Å². The Labute approximate surface area is 433 Å². The molecule has 78 heavy (non-hydrogen) atoms. The fourth-order valence-corrected chi connectivity index (χ4v) is 9.90. The van der Waals surface area contributed by atoms with E-state index in [1.54, 1.807) is 71.3 Å². The van der Waals surface area contributed by atoms with Crippen LogP contribution >= 0.6 is 0 Å². The van der Waals surface area contributed by atoms with E-state index in [9.17, 15) is 52.7 Å². The van der Waals surface area contributed by atoms with Gasteiger partial charge in [-0.15, -0.1) is 0 Å². The molecular weight excluding hydrogens is 1030 g/mol. The highest BCUT2D eigenvalue weighted by Gasteiger charge is 2.39. The van der Waals surface area contributed by atoms with Crippen molar-refractivity contribution in [3.05, 3.63) is 216 Å². The monoisotopic (exact) mass is 1060 g/mol. The van der Waals surface area contributed by atoms with E-state index in [-0.39, 0.29) is 63.0 Å². The molecule has 12 rings (SSSR count). The van der Waals surface area contributed by atoms with Gasteiger partial charge in [0.25, 0.3) is 0 Å². The number of furan rings is 1. The van der Waals surface area contributed by atoms with Gasteiger partial charge in [-0.1, -0.05) is 121 Å². The van der Waals surface area contributed by atoms with Crippen molar-refractivity contribution in [1.82, 2.24) is 19.5 Å². The number of benzene rings is 9. The lowest BCUT2D eigenvalue weighted by Gasteiger charge is -2.18. The van der Waals surface area contributed by atoms with Crippen molar-refractivity contribution in [3.8, 4) is 73.2 Å². The second kappa shape index (κ2) is 18.2. The van der Waals surface area contributed by atoms with Crippen molar-refractivity contribution >= 4 is 43.7 Å². The first kappa shape index (κ1) is 49.6. The minimum atomic E-state index is -5.19. The summed E-state index contributed by atoms with van der Waals surface area (Å²) in [5.41, 5.74) is -2.82. The minimum absolute atomic E-state index is 0.0152. The quantitative estimate of drug-likeness (QED) is 0.149. The molecule has 0 fully saturated rings. The van der Waals surface area contributed by atoms with Gasteiger partial charge in [0, 0.05) is 38.2 Å². The largest absolute Gasteiger partial charge is 0.456 e. The van der Waals surface area contributed by atoms with Gasteiger partial charge < -0.3 is 8.98 Å². The lowest BCUT2D eigenvalue weighted by Crippen LogP contribution is -2.11. The maximum absolute atomic E-state index is 14.3. The topological polar surface area (TPSA) is 56.7 Å². The molecule has 17 heteroatoms. The zero-order chi connectivity index (χ0) is 54.5. The van der Waals surface area contributed by atoms with E-state index >= 15 is 0 Å². The molecule has 3 heterocycles. The molecule has 0 spiro atoms. The zero-order valence-corrected chi connectivity index (χ0v) is 39.7. The van der Waals surface area contributed by atoms with Crippen LogP contribution in [0.1, 0.15) is 22.3 Å². The summed E-state index contributed by atoms with van der Waals surface area (Å²) in [5, 5.41) is 2.26. The Balaban J connectivity index is 1.20. The van der Waals surface area contributed by atoms with E-state index < -0.39 is 58.1 Å². The molecule has 0 radical (unpaired) electrons. The van der Waals surface area contributed by atoms with Crippen molar-refractivity contribution in [2.24, 2.45) is 0 Å². The molecule has 5 nitrogen and oxygen atoms in total. The number of hydrogen-bond acceptors (Lipinski definition) is 4. The first-order valence-electron chi connectivity index (χ1n) is 23.8. The van der Waals surface area contributed by atoms with Crippen LogP contribution in [0, 0.1) is 0 Å². The van der Waals surface area contributed by atoms with E-state index in [0.29, 0.717) is 68.5 Å². The van der Waals surface area contributed by atoms with E-state index in [1.807, 2.05) is 54.6 Å². The maximum atomic E-state index is 14.3. The fourth-order valence-electron chi connectivity index (χ4n) is 9.90. The van der Waals surface area contributed by atoms with Crippen LogP contribution in [0.5, 0.6) is 0 Å². The number of rotatable bonds is 7. The standard InChI is InChI=1S/C61H32F12N4O/c62-58(63,64)40-24-38(25-41(31-40)59(65,66)67)35-18-21-45-46-22-19-36(39-26-42(60(68,69)70)32-43(27-39)61(71,72)73)30-51(46)77(50(45)29-35)49-23-20-37(44-15-9-17-53-54(44)47-14-7-8-16-52(47)78-53)28-48(49)57-75-55(33-10-3-1-4-11-33)74-56(76-57)34-12-5-2-6-13-34/h1-32H. The smallest absolute Gasteiger partial charge is 0.416 e. The van der Waals surface area contributed by atoms with Gasteiger partial charge in [-0.2, -0.15) is 52.7 Å². The molecule has 9 aromatic carbocycles. The highest BCUT2D eigenvalue weighted by molar-refractivity contribution is 6.14. The summed E-state index contributed by atoms with van der Waals surface area (Å²) in [7, 11) is 0. The SMILES string of the molecule is FC(F)(F)c1cc(-c2ccc3c4ccc(-c5cc(C(F)(F)F)cc(C(F)(F)F)c5)cc4n(-c4ccc(-c5cccc6oc7ccccc7c56)cc4-c4nc(-c5ccccc5)nc(-c5ccccc5)n4)c3c2)cc(C(F)(F)F)c1. The second-order valence-corrected chi connectivity index (χ2v) is 18.4. The summed E-state index contributed by atoms with van der Waals surface area (Å²) in [4.78, 5) is 15.0. The van der Waals surface area contributed by atoms with Crippen molar-refractivity contribution in [2.75, 3.05) is 0 Å². The summed E-state index contributed by atoms with van der Waals surface area (Å²) >= 11 is 0. The van der Waals surface area contributed by atoms with Crippen molar-refractivity contribution in [3.63, 3.8) is 0 Å². The average molecular weight is 1060 g/mol. The van der Waals surface area contributed by atoms with Crippen LogP contribution in [0.3, 0.4) is 0 Å². The predicted octanol–water partition coefficient (Wildman–Crippen LogP) is 18.9. The lowest BCUT2D eigenvalue weighted by atomic mass is 9.96. The highest BCUT2D eigenvalue weighted by Crippen LogP contribution is 2.46. The molecule has 0 unspecified atom stereocenters. The number of halogens is 12. The molecule has 0 saturated heterocycles. The Morgan fingerprint density at radius 1 is 0.308 bits per heavy atom. The van der Waals surface area contributed by atoms with Crippen molar-refractivity contribution in [2.45, 2.75) is 24.7 Å². The van der Waals surface area contributed by atoms with Gasteiger partial charge in [0.2, 0.25) is 0 Å². The Bertz CT molecular complexity index is 4070. The predicted molar refractivity (Wildman–Crippen MR) is 274 cm³/mol. The van der Waals surface area contributed by atoms with Crippen LogP contribution in [-0.4, -0.2) is 19.5 Å². The number of aromatic nitrogens is 4. The molecule has 0 aliphatic carbocycles. The van der Waals surface area contributed by atoms with Gasteiger partial charge in [0.1, 0.15) is 11.2 Å². The first-order valence-corrected chi connectivity index (χ1v) is 23.8. The molecular formula is C61H32F12N4O. The number of hydrogen-bond donors (Lipinski definition) is 0. The Kier molecular flexibility index (Phi) is 11.6. The molecule has 12 aromatic rings. The van der Waals surface area contributed by atoms with Gasteiger partial charge in [-0.25, -0.2) is 15.0 Å². The van der Waals surface area contributed by atoms with E-state index in [1.165, 1.54) is 36.4 Å². The lowest BCUT2D eigenvalue weighted by molar-refractivity contribution is -0.144. The fraction of sp³-hybridized carbons (Fsp3) is 0.0656. The van der Waals surface area contributed by atoms with Crippen LogP contribution < -0.4 is 0 Å². The molecule has 0 aliphatic heterocycles. The Morgan fingerprint density at radius 2 is 0.744 bits per heavy atom. The first-order chi connectivity index (χ1) is 37.2. The highest BCUT2D eigenvalue weighted by atomic mass is 19.4.